The lowest BCUT2D eigenvalue weighted by Crippen LogP contribution is -2.44. The zero-order chi connectivity index (χ0) is 26.4. The molecule has 1 aromatic carbocycles. The summed E-state index contributed by atoms with van der Waals surface area (Å²) in [5, 5.41) is 0. The van der Waals surface area contributed by atoms with Crippen molar-refractivity contribution in [1.82, 2.24) is 9.97 Å². The number of carbonyl (C=O) groups excluding carboxylic acids is 2. The van der Waals surface area contributed by atoms with E-state index in [1.165, 1.54) is 20.8 Å². The maximum Gasteiger partial charge on any atom is 0.323 e. The second kappa shape index (κ2) is 11.8. The third kappa shape index (κ3) is 5.63. The maximum atomic E-state index is 14.9. The van der Waals surface area contributed by atoms with Gasteiger partial charge in [0.25, 0.3) is 5.56 Å². The van der Waals surface area contributed by atoms with E-state index in [9.17, 15) is 40.7 Å². The average molecular weight is 510 g/mol. The van der Waals surface area contributed by atoms with E-state index in [1.54, 1.807) is 0 Å². The van der Waals surface area contributed by atoms with Crippen LogP contribution in [0.5, 0.6) is 0 Å². The molecule has 0 radical (unpaired) electrons. The van der Waals surface area contributed by atoms with Crippen molar-refractivity contribution in [2.75, 3.05) is 19.8 Å². The van der Waals surface area contributed by atoms with Crippen LogP contribution in [-0.2, 0) is 23.8 Å². The topological polar surface area (TPSA) is 108 Å². The lowest BCUT2D eigenvalue weighted by molar-refractivity contribution is -0.169. The number of H-pyrrole nitrogens is 1. The van der Waals surface area contributed by atoms with Gasteiger partial charge in [0, 0.05) is 12.2 Å². The summed E-state index contributed by atoms with van der Waals surface area (Å²) in [5.41, 5.74) is -3.06. The Morgan fingerprint density at radius 2 is 1.34 bits per heavy atom. The Morgan fingerprint density at radius 1 is 0.857 bits per heavy atom. The normalized spacial score (nSPS) is 13.0. The zero-order valence-electron chi connectivity index (χ0n) is 18.6. The number of nitrogens with zero attached hydrogens (tertiary/aromatic N) is 1. The molecule has 0 amide bonds. The van der Waals surface area contributed by atoms with Crippen molar-refractivity contribution in [2.24, 2.45) is 5.92 Å². The van der Waals surface area contributed by atoms with Gasteiger partial charge in [-0.05, 0) is 20.8 Å². The Labute approximate surface area is 194 Å². The molecule has 1 aromatic heterocycles. The first-order chi connectivity index (χ1) is 16.5. The van der Waals surface area contributed by atoms with Gasteiger partial charge in [-0.15, -0.1) is 0 Å². The molecular formula is C21H20F6N2O6. The Hall–Kier alpha value is -3.42. The van der Waals surface area contributed by atoms with Crippen LogP contribution in [0.3, 0.4) is 0 Å². The van der Waals surface area contributed by atoms with Crippen molar-refractivity contribution in [3.8, 4) is 0 Å². The quantitative estimate of drug-likeness (QED) is 0.172. The fourth-order valence-corrected chi connectivity index (χ4v) is 3.31. The second-order valence-electron chi connectivity index (χ2n) is 6.81. The lowest BCUT2D eigenvalue weighted by atomic mass is 9.83. The molecule has 0 fully saturated rings. The van der Waals surface area contributed by atoms with Crippen LogP contribution in [0, 0.1) is 40.8 Å². The predicted molar refractivity (Wildman–Crippen MR) is 105 cm³/mol. The molecule has 0 bridgehead atoms. The Bertz CT molecular complexity index is 1110. The number of aromatic amines is 1. The van der Waals surface area contributed by atoms with Crippen LogP contribution >= 0.6 is 0 Å². The first-order valence-corrected chi connectivity index (χ1v) is 10.2. The van der Waals surface area contributed by atoms with E-state index in [1.807, 2.05) is 4.98 Å². The lowest BCUT2D eigenvalue weighted by Gasteiger charge is -2.31. The largest absolute Gasteiger partial charge is 0.465 e. The number of esters is 2. The summed E-state index contributed by atoms with van der Waals surface area (Å²) in [4.78, 5) is 42.5. The van der Waals surface area contributed by atoms with Gasteiger partial charge in [-0.2, -0.15) is 4.39 Å². The molecule has 2 atom stereocenters. The highest BCUT2D eigenvalue weighted by molar-refractivity contribution is 5.96. The van der Waals surface area contributed by atoms with E-state index in [2.05, 4.69) is 4.98 Å². The Balaban J connectivity index is 2.96. The number of nitrogens with one attached hydrogen (secondary N) is 1. The molecular weight excluding hydrogens is 490 g/mol. The molecule has 0 saturated carbocycles. The average Bonchev–Trinajstić information content (AvgIpc) is 2.81. The maximum absolute atomic E-state index is 14.9. The van der Waals surface area contributed by atoms with Crippen LogP contribution in [0.4, 0.5) is 26.3 Å². The molecule has 14 heteroatoms. The van der Waals surface area contributed by atoms with Gasteiger partial charge in [-0.25, -0.2) is 26.9 Å². The van der Waals surface area contributed by atoms with Crippen molar-refractivity contribution in [2.45, 2.75) is 32.8 Å². The van der Waals surface area contributed by atoms with Crippen LogP contribution in [-0.4, -0.2) is 47.8 Å². The molecule has 0 aliphatic carbocycles. The number of carbonyl (C=O) groups is 2. The standard InChI is InChI=1S/C21H20F6N2O6/c1-4-33-17(11(20(31)34-5-2)21(32)35-6-3)10(18-28-7-8(22)19(30)29-18)9-12(23)14(25)16(27)15(26)13(9)24/h7,10-11,17H,4-6H2,1-3H3,(H,28,29,30). The van der Waals surface area contributed by atoms with E-state index in [0.717, 1.165) is 0 Å². The van der Waals surface area contributed by atoms with Crippen LogP contribution in [0.25, 0.3) is 0 Å². The van der Waals surface area contributed by atoms with E-state index in [0.29, 0.717) is 6.20 Å². The SMILES string of the molecule is CCOC(=O)C(C(=O)OCC)C(OCC)C(c1ncc(F)c(=O)[nH]1)c1c(F)c(F)c(F)c(F)c1F. The van der Waals surface area contributed by atoms with Gasteiger partial charge in [-0.3, -0.25) is 14.4 Å². The molecule has 0 saturated heterocycles. The van der Waals surface area contributed by atoms with Crippen LogP contribution in [0.15, 0.2) is 11.0 Å². The van der Waals surface area contributed by atoms with Crippen LogP contribution in [0.2, 0.25) is 0 Å². The van der Waals surface area contributed by atoms with E-state index in [4.69, 9.17) is 14.2 Å². The summed E-state index contributed by atoms with van der Waals surface area (Å²) < 4.78 is 100. The van der Waals surface area contributed by atoms with Gasteiger partial charge in [-0.1, -0.05) is 0 Å². The number of hydrogen-bond acceptors (Lipinski definition) is 7. The zero-order valence-corrected chi connectivity index (χ0v) is 18.6. The minimum atomic E-state index is -2.48. The molecule has 2 aromatic rings. The first kappa shape index (κ1) is 27.8. The summed E-state index contributed by atoms with van der Waals surface area (Å²) in [6, 6.07) is 0. The van der Waals surface area contributed by atoms with Crippen LogP contribution in [0.1, 0.15) is 38.1 Å². The van der Waals surface area contributed by atoms with Gasteiger partial charge in [0.2, 0.25) is 11.6 Å². The van der Waals surface area contributed by atoms with Gasteiger partial charge in [0.1, 0.15) is 5.82 Å². The molecule has 1 heterocycles. The second-order valence-corrected chi connectivity index (χ2v) is 6.81. The minimum Gasteiger partial charge on any atom is -0.465 e. The summed E-state index contributed by atoms with van der Waals surface area (Å²) in [6.07, 6.45) is -1.76. The van der Waals surface area contributed by atoms with Crippen molar-refractivity contribution >= 4 is 11.9 Å². The number of hydrogen-bond donors (Lipinski definition) is 1. The Kier molecular flexibility index (Phi) is 9.40. The monoisotopic (exact) mass is 510 g/mol. The smallest absolute Gasteiger partial charge is 0.323 e. The van der Waals surface area contributed by atoms with E-state index < -0.39 is 81.7 Å². The summed E-state index contributed by atoms with van der Waals surface area (Å²) in [7, 11) is 0. The first-order valence-electron chi connectivity index (χ1n) is 10.2. The summed E-state index contributed by atoms with van der Waals surface area (Å²) in [6.45, 7) is 3.17. The van der Waals surface area contributed by atoms with Gasteiger partial charge in [0.05, 0.1) is 31.4 Å². The van der Waals surface area contributed by atoms with Crippen molar-refractivity contribution < 1.29 is 50.1 Å². The molecule has 0 spiro atoms. The van der Waals surface area contributed by atoms with Crippen molar-refractivity contribution in [3.05, 3.63) is 62.8 Å². The van der Waals surface area contributed by atoms with E-state index >= 15 is 0 Å². The molecule has 0 aliphatic rings. The molecule has 2 unspecified atom stereocenters. The molecule has 0 aliphatic heterocycles. The number of ether oxygens (including phenoxy) is 3. The molecule has 1 N–H and O–H groups in total. The van der Waals surface area contributed by atoms with E-state index in [-0.39, 0.29) is 19.8 Å². The third-order valence-electron chi connectivity index (χ3n) is 4.72. The Morgan fingerprint density at radius 3 is 1.77 bits per heavy atom. The highest BCUT2D eigenvalue weighted by Crippen LogP contribution is 2.38. The molecule has 192 valence electrons. The van der Waals surface area contributed by atoms with Gasteiger partial charge >= 0.3 is 11.9 Å². The summed E-state index contributed by atoms with van der Waals surface area (Å²) in [5.74, 6) is -21.3. The predicted octanol–water partition coefficient (Wildman–Crippen LogP) is 2.88. The molecule has 2 rings (SSSR count). The third-order valence-corrected chi connectivity index (χ3v) is 4.72. The number of halogens is 6. The highest BCUT2D eigenvalue weighted by Gasteiger charge is 2.47. The van der Waals surface area contributed by atoms with Crippen molar-refractivity contribution in [3.63, 3.8) is 0 Å². The molecule has 8 nitrogen and oxygen atoms in total. The highest BCUT2D eigenvalue weighted by atomic mass is 19.2. The fraction of sp³-hybridized carbons (Fsp3) is 0.429. The van der Waals surface area contributed by atoms with Gasteiger partial charge in [0.15, 0.2) is 29.2 Å². The number of benzene rings is 1. The van der Waals surface area contributed by atoms with Gasteiger partial charge < -0.3 is 19.2 Å². The number of aromatic nitrogens is 2. The molecule has 35 heavy (non-hydrogen) atoms. The van der Waals surface area contributed by atoms with Crippen LogP contribution < -0.4 is 5.56 Å². The minimum absolute atomic E-state index is 0.271. The van der Waals surface area contributed by atoms with Crippen molar-refractivity contribution in [1.29, 1.82) is 0 Å². The fourth-order valence-electron chi connectivity index (χ4n) is 3.31. The number of rotatable bonds is 10. The summed E-state index contributed by atoms with van der Waals surface area (Å²) >= 11 is 0.